The summed E-state index contributed by atoms with van der Waals surface area (Å²) in [6.45, 7) is 8.47. The molecular formula is C26H34N2O6. The number of carbonyl (C=O) groups excluding carboxylic acids is 4. The molecule has 2 amide bonds. The molecule has 8 heteroatoms. The van der Waals surface area contributed by atoms with Crippen molar-refractivity contribution in [1.29, 1.82) is 0 Å². The van der Waals surface area contributed by atoms with E-state index in [-0.39, 0.29) is 43.3 Å². The molecule has 0 spiro atoms. The Morgan fingerprint density at radius 3 is 2.32 bits per heavy atom. The molecule has 1 aromatic rings. The van der Waals surface area contributed by atoms with Gasteiger partial charge in [-0.05, 0) is 46.1 Å². The van der Waals surface area contributed by atoms with Crippen molar-refractivity contribution >= 4 is 23.8 Å². The zero-order valence-electron chi connectivity index (χ0n) is 20.5. The Labute approximate surface area is 200 Å². The Hall–Kier alpha value is -3.16. The van der Waals surface area contributed by atoms with E-state index in [1.807, 2.05) is 31.2 Å². The highest BCUT2D eigenvalue weighted by Crippen LogP contribution is 2.37. The highest BCUT2D eigenvalue weighted by molar-refractivity contribution is 5.97. The molecule has 34 heavy (non-hydrogen) atoms. The van der Waals surface area contributed by atoms with Crippen molar-refractivity contribution in [2.24, 2.45) is 5.92 Å². The number of amides is 2. The lowest BCUT2D eigenvalue weighted by atomic mass is 9.83. The number of hydrogen-bond acceptors (Lipinski definition) is 6. The van der Waals surface area contributed by atoms with Crippen LogP contribution < -0.4 is 0 Å². The van der Waals surface area contributed by atoms with Crippen LogP contribution in [0.3, 0.4) is 0 Å². The molecule has 2 heterocycles. The molecule has 0 bridgehead atoms. The average molecular weight is 471 g/mol. The van der Waals surface area contributed by atoms with Gasteiger partial charge in [-0.2, -0.15) is 0 Å². The number of benzene rings is 1. The summed E-state index contributed by atoms with van der Waals surface area (Å²) in [5.74, 6) is -1.71. The van der Waals surface area contributed by atoms with Crippen LogP contribution in [0.2, 0.25) is 0 Å². The van der Waals surface area contributed by atoms with E-state index in [1.54, 1.807) is 25.7 Å². The number of esters is 2. The summed E-state index contributed by atoms with van der Waals surface area (Å²) in [7, 11) is 0. The van der Waals surface area contributed by atoms with Gasteiger partial charge in [-0.15, -0.1) is 0 Å². The van der Waals surface area contributed by atoms with E-state index >= 15 is 0 Å². The minimum absolute atomic E-state index is 0.0904. The van der Waals surface area contributed by atoms with E-state index in [1.165, 1.54) is 4.90 Å². The molecule has 1 aromatic carbocycles. The Kier molecular flexibility index (Phi) is 8.47. The second-order valence-electron chi connectivity index (χ2n) is 8.78. The fourth-order valence-electron chi connectivity index (χ4n) is 4.71. The van der Waals surface area contributed by atoms with Gasteiger partial charge in [0.2, 0.25) is 11.8 Å². The molecule has 3 rings (SSSR count). The minimum atomic E-state index is -0.466. The molecule has 1 saturated heterocycles. The average Bonchev–Trinajstić information content (AvgIpc) is 2.81. The van der Waals surface area contributed by atoms with Crippen molar-refractivity contribution in [3.63, 3.8) is 0 Å². The highest BCUT2D eigenvalue weighted by atomic mass is 16.5. The van der Waals surface area contributed by atoms with Crippen LogP contribution in [-0.2, 0) is 28.7 Å². The third-order valence-corrected chi connectivity index (χ3v) is 6.52. The zero-order valence-corrected chi connectivity index (χ0v) is 20.5. The van der Waals surface area contributed by atoms with Crippen LogP contribution in [0, 0.1) is 12.8 Å². The highest BCUT2D eigenvalue weighted by Gasteiger charge is 2.38. The molecule has 0 aromatic heterocycles. The molecule has 1 fully saturated rings. The first kappa shape index (κ1) is 25.5. The number of nitrogens with zero attached hydrogens (tertiary/aromatic N) is 2. The first-order valence-electron chi connectivity index (χ1n) is 12.0. The van der Waals surface area contributed by atoms with Crippen LogP contribution in [-0.4, -0.2) is 66.4 Å². The zero-order chi connectivity index (χ0) is 24.8. The summed E-state index contributed by atoms with van der Waals surface area (Å²) in [6.07, 6.45) is 1.17. The molecule has 184 valence electrons. The topological polar surface area (TPSA) is 93.2 Å². The smallest absolute Gasteiger partial charge is 0.336 e. The van der Waals surface area contributed by atoms with Gasteiger partial charge in [0.15, 0.2) is 0 Å². The summed E-state index contributed by atoms with van der Waals surface area (Å²) < 4.78 is 10.4. The number of likely N-dealkylation sites (tertiary alicyclic amines) is 1. The van der Waals surface area contributed by atoms with E-state index in [2.05, 4.69) is 0 Å². The van der Waals surface area contributed by atoms with Crippen LogP contribution in [0.15, 0.2) is 35.5 Å². The maximum absolute atomic E-state index is 13.1. The van der Waals surface area contributed by atoms with Crippen LogP contribution in [0.5, 0.6) is 0 Å². The van der Waals surface area contributed by atoms with Gasteiger partial charge in [-0.1, -0.05) is 29.8 Å². The monoisotopic (exact) mass is 470 g/mol. The van der Waals surface area contributed by atoms with Gasteiger partial charge in [0.05, 0.1) is 24.7 Å². The first-order chi connectivity index (χ1) is 16.3. The van der Waals surface area contributed by atoms with Crippen LogP contribution in [0.1, 0.15) is 57.1 Å². The van der Waals surface area contributed by atoms with Crippen molar-refractivity contribution in [3.05, 3.63) is 46.7 Å². The SMILES string of the molecule is CCOC(=O)C1=C(C)N(CC(=O)N2CCC(C(=O)OCC)CC2)C(=O)CC1c1cccc(C)c1. The number of aryl methyl sites for hydroxylation is 1. The lowest BCUT2D eigenvalue weighted by Gasteiger charge is -2.36. The van der Waals surface area contributed by atoms with Gasteiger partial charge in [0.1, 0.15) is 6.54 Å². The molecule has 2 aliphatic heterocycles. The maximum atomic E-state index is 13.1. The normalized spacial score (nSPS) is 19.3. The van der Waals surface area contributed by atoms with E-state index in [4.69, 9.17) is 9.47 Å². The third kappa shape index (κ3) is 5.66. The third-order valence-electron chi connectivity index (χ3n) is 6.52. The molecule has 2 aliphatic rings. The van der Waals surface area contributed by atoms with E-state index < -0.39 is 11.9 Å². The van der Waals surface area contributed by atoms with Crippen LogP contribution in [0.4, 0.5) is 0 Å². The number of carbonyl (C=O) groups is 4. The number of hydrogen-bond donors (Lipinski definition) is 0. The number of allylic oxidation sites excluding steroid dienone is 1. The fraction of sp³-hybridized carbons (Fsp3) is 0.538. The molecule has 0 radical (unpaired) electrons. The molecule has 0 aliphatic carbocycles. The molecule has 8 nitrogen and oxygen atoms in total. The number of ether oxygens (including phenoxy) is 2. The van der Waals surface area contributed by atoms with Crippen molar-refractivity contribution < 1.29 is 28.7 Å². The van der Waals surface area contributed by atoms with Gasteiger partial charge in [-0.25, -0.2) is 4.79 Å². The van der Waals surface area contributed by atoms with Gasteiger partial charge in [0, 0.05) is 31.1 Å². The van der Waals surface area contributed by atoms with Gasteiger partial charge < -0.3 is 19.3 Å². The Balaban J connectivity index is 1.79. The van der Waals surface area contributed by atoms with Gasteiger partial charge in [-0.3, -0.25) is 14.4 Å². The Morgan fingerprint density at radius 2 is 1.71 bits per heavy atom. The molecule has 1 unspecified atom stereocenters. The quantitative estimate of drug-likeness (QED) is 0.569. The lowest BCUT2D eigenvalue weighted by molar-refractivity contribution is -0.151. The van der Waals surface area contributed by atoms with Crippen molar-refractivity contribution in [3.8, 4) is 0 Å². The predicted octanol–water partition coefficient (Wildman–Crippen LogP) is 2.95. The fourth-order valence-corrected chi connectivity index (χ4v) is 4.71. The van der Waals surface area contributed by atoms with E-state index in [0.717, 1.165) is 11.1 Å². The summed E-state index contributed by atoms with van der Waals surface area (Å²) in [5.41, 5.74) is 2.79. The minimum Gasteiger partial charge on any atom is -0.466 e. The van der Waals surface area contributed by atoms with Crippen molar-refractivity contribution in [2.75, 3.05) is 32.8 Å². The van der Waals surface area contributed by atoms with E-state index in [9.17, 15) is 19.2 Å². The van der Waals surface area contributed by atoms with Gasteiger partial charge >= 0.3 is 11.9 Å². The van der Waals surface area contributed by atoms with Crippen LogP contribution >= 0.6 is 0 Å². The summed E-state index contributed by atoms with van der Waals surface area (Å²) in [5, 5.41) is 0. The molecule has 1 atom stereocenters. The number of rotatable bonds is 7. The largest absolute Gasteiger partial charge is 0.466 e. The summed E-state index contributed by atoms with van der Waals surface area (Å²) in [6, 6.07) is 7.75. The Morgan fingerprint density at radius 1 is 1.03 bits per heavy atom. The number of piperidine rings is 1. The predicted molar refractivity (Wildman–Crippen MR) is 126 cm³/mol. The van der Waals surface area contributed by atoms with Crippen molar-refractivity contribution in [2.45, 2.75) is 52.9 Å². The molecule has 0 N–H and O–H groups in total. The summed E-state index contributed by atoms with van der Waals surface area (Å²) >= 11 is 0. The maximum Gasteiger partial charge on any atom is 0.336 e. The van der Waals surface area contributed by atoms with Crippen LogP contribution in [0.25, 0.3) is 0 Å². The standard InChI is InChI=1S/C26H34N2O6/c1-5-33-25(31)19-10-12-27(13-11-19)23(30)16-28-18(4)24(26(32)34-6-2)21(15-22(28)29)20-9-7-8-17(3)14-20/h7-9,14,19,21H,5-6,10-13,15-16H2,1-4H3. The molecular weight excluding hydrogens is 436 g/mol. The summed E-state index contributed by atoms with van der Waals surface area (Å²) in [4.78, 5) is 54.1. The van der Waals surface area contributed by atoms with Gasteiger partial charge in [0.25, 0.3) is 0 Å². The lowest BCUT2D eigenvalue weighted by Crippen LogP contribution is -2.48. The van der Waals surface area contributed by atoms with E-state index in [0.29, 0.717) is 43.8 Å². The first-order valence-corrected chi connectivity index (χ1v) is 12.0. The second kappa shape index (κ2) is 11.3. The van der Waals surface area contributed by atoms with Crippen molar-refractivity contribution in [1.82, 2.24) is 9.80 Å². The molecule has 0 saturated carbocycles. The second-order valence-corrected chi connectivity index (χ2v) is 8.78. The Bertz CT molecular complexity index is 977.